The molecule has 0 amide bonds. The molecule has 1 saturated carbocycles. The average molecular weight is 226 g/mol. The molecular formula is C14H30N2. The van der Waals surface area contributed by atoms with Crippen molar-refractivity contribution in [2.45, 2.75) is 59.4 Å². The van der Waals surface area contributed by atoms with Crippen molar-refractivity contribution in [1.29, 1.82) is 0 Å². The molecule has 3 N–H and O–H groups in total. The van der Waals surface area contributed by atoms with E-state index in [0.717, 1.165) is 5.92 Å². The van der Waals surface area contributed by atoms with Gasteiger partial charge in [0.1, 0.15) is 0 Å². The Hall–Kier alpha value is -0.0800. The first-order chi connectivity index (χ1) is 7.50. The zero-order valence-corrected chi connectivity index (χ0v) is 11.6. The fourth-order valence-corrected chi connectivity index (χ4v) is 2.88. The highest BCUT2D eigenvalue weighted by Gasteiger charge is 2.40. The molecule has 0 aromatic heterocycles. The Bertz CT molecular complexity index is 201. The molecule has 1 rings (SSSR count). The first-order valence-electron chi connectivity index (χ1n) is 6.96. The Morgan fingerprint density at radius 1 is 1.31 bits per heavy atom. The van der Waals surface area contributed by atoms with E-state index in [2.05, 4.69) is 33.0 Å². The van der Waals surface area contributed by atoms with Crippen LogP contribution >= 0.6 is 0 Å². The minimum absolute atomic E-state index is 0.386. The van der Waals surface area contributed by atoms with Gasteiger partial charge < -0.3 is 11.1 Å². The van der Waals surface area contributed by atoms with Gasteiger partial charge in [-0.2, -0.15) is 0 Å². The van der Waals surface area contributed by atoms with E-state index >= 15 is 0 Å². The summed E-state index contributed by atoms with van der Waals surface area (Å²) in [4.78, 5) is 0. The highest BCUT2D eigenvalue weighted by Crippen LogP contribution is 2.43. The summed E-state index contributed by atoms with van der Waals surface area (Å²) in [5, 5.41) is 3.61. The van der Waals surface area contributed by atoms with Crippen molar-refractivity contribution in [3.63, 3.8) is 0 Å². The van der Waals surface area contributed by atoms with Crippen LogP contribution in [0.2, 0.25) is 0 Å². The lowest BCUT2D eigenvalue weighted by molar-refractivity contribution is 0.0541. The van der Waals surface area contributed by atoms with Crippen molar-refractivity contribution in [2.24, 2.45) is 23.0 Å². The molecular weight excluding hydrogens is 196 g/mol. The van der Waals surface area contributed by atoms with Gasteiger partial charge in [-0.15, -0.1) is 0 Å². The van der Waals surface area contributed by atoms with Gasteiger partial charge in [-0.05, 0) is 49.6 Å². The van der Waals surface area contributed by atoms with Crippen molar-refractivity contribution in [3.05, 3.63) is 0 Å². The second-order valence-corrected chi connectivity index (χ2v) is 6.11. The number of rotatable bonds is 5. The summed E-state index contributed by atoms with van der Waals surface area (Å²) < 4.78 is 0. The first-order valence-corrected chi connectivity index (χ1v) is 6.96. The van der Waals surface area contributed by atoms with Gasteiger partial charge in [0.25, 0.3) is 0 Å². The van der Waals surface area contributed by atoms with Gasteiger partial charge in [0, 0.05) is 6.04 Å². The van der Waals surface area contributed by atoms with E-state index in [9.17, 15) is 0 Å². The topological polar surface area (TPSA) is 38.0 Å². The van der Waals surface area contributed by atoms with Crippen LogP contribution in [0.25, 0.3) is 0 Å². The molecule has 3 unspecified atom stereocenters. The van der Waals surface area contributed by atoms with Crippen molar-refractivity contribution < 1.29 is 0 Å². The van der Waals surface area contributed by atoms with Gasteiger partial charge in [0.05, 0.1) is 0 Å². The molecule has 1 aliphatic rings. The third-order valence-corrected chi connectivity index (χ3v) is 4.81. The standard InChI is InChI=1S/C14H30N2/c1-5-6-9-16-10-12-7-8-13(15)11(2)14(12,3)4/h11-13,16H,5-10,15H2,1-4H3. The van der Waals surface area contributed by atoms with Gasteiger partial charge in [-0.1, -0.05) is 34.1 Å². The summed E-state index contributed by atoms with van der Waals surface area (Å²) in [7, 11) is 0. The van der Waals surface area contributed by atoms with E-state index in [1.807, 2.05) is 0 Å². The summed E-state index contributed by atoms with van der Waals surface area (Å²) in [6.45, 7) is 11.7. The molecule has 0 aromatic rings. The molecule has 1 fully saturated rings. The number of nitrogens with one attached hydrogen (secondary N) is 1. The molecule has 0 spiro atoms. The lowest BCUT2D eigenvalue weighted by atomic mass is 9.61. The Morgan fingerprint density at radius 2 is 2.00 bits per heavy atom. The summed E-state index contributed by atoms with van der Waals surface area (Å²) in [6, 6.07) is 0.405. The monoisotopic (exact) mass is 226 g/mol. The molecule has 1 aliphatic carbocycles. The smallest absolute Gasteiger partial charge is 0.00698 e. The highest BCUT2D eigenvalue weighted by atomic mass is 14.9. The van der Waals surface area contributed by atoms with Crippen molar-refractivity contribution >= 4 is 0 Å². The van der Waals surface area contributed by atoms with Gasteiger partial charge in [-0.3, -0.25) is 0 Å². The number of hydrogen-bond donors (Lipinski definition) is 2. The zero-order valence-electron chi connectivity index (χ0n) is 11.6. The van der Waals surface area contributed by atoms with E-state index in [4.69, 9.17) is 5.73 Å². The predicted molar refractivity (Wildman–Crippen MR) is 71.4 cm³/mol. The fraction of sp³-hybridized carbons (Fsp3) is 1.00. The fourth-order valence-electron chi connectivity index (χ4n) is 2.88. The van der Waals surface area contributed by atoms with Crippen LogP contribution in [0.1, 0.15) is 53.4 Å². The van der Waals surface area contributed by atoms with E-state index in [1.165, 1.54) is 38.8 Å². The number of hydrogen-bond acceptors (Lipinski definition) is 2. The van der Waals surface area contributed by atoms with Crippen LogP contribution in [0.4, 0.5) is 0 Å². The molecule has 3 atom stereocenters. The molecule has 0 aliphatic heterocycles. The summed E-state index contributed by atoms with van der Waals surface area (Å²) in [6.07, 6.45) is 5.06. The van der Waals surface area contributed by atoms with Crippen LogP contribution in [-0.2, 0) is 0 Å². The third-order valence-electron chi connectivity index (χ3n) is 4.81. The lowest BCUT2D eigenvalue weighted by Gasteiger charge is -2.47. The van der Waals surface area contributed by atoms with Gasteiger partial charge in [0.2, 0.25) is 0 Å². The summed E-state index contributed by atoms with van der Waals surface area (Å²) >= 11 is 0. The number of unbranched alkanes of at least 4 members (excludes halogenated alkanes) is 1. The van der Waals surface area contributed by atoms with Crippen molar-refractivity contribution in [2.75, 3.05) is 13.1 Å². The molecule has 0 heterocycles. The molecule has 2 nitrogen and oxygen atoms in total. The second-order valence-electron chi connectivity index (χ2n) is 6.11. The minimum atomic E-state index is 0.386. The average Bonchev–Trinajstić information content (AvgIpc) is 2.24. The largest absolute Gasteiger partial charge is 0.327 e. The number of nitrogens with two attached hydrogens (primary N) is 1. The van der Waals surface area contributed by atoms with Gasteiger partial charge in [-0.25, -0.2) is 0 Å². The quantitative estimate of drug-likeness (QED) is 0.707. The van der Waals surface area contributed by atoms with Crippen LogP contribution in [0, 0.1) is 17.3 Å². The zero-order chi connectivity index (χ0) is 12.2. The van der Waals surface area contributed by atoms with E-state index < -0.39 is 0 Å². The SMILES string of the molecule is CCCCNCC1CCC(N)C(C)C1(C)C. The summed E-state index contributed by atoms with van der Waals surface area (Å²) in [5.74, 6) is 1.43. The normalized spacial score (nSPS) is 33.9. The molecule has 0 aromatic carbocycles. The predicted octanol–water partition coefficient (Wildman–Crippen LogP) is 2.78. The molecule has 16 heavy (non-hydrogen) atoms. The Balaban J connectivity index is 2.41. The molecule has 2 heteroatoms. The van der Waals surface area contributed by atoms with Crippen molar-refractivity contribution in [1.82, 2.24) is 5.32 Å². The van der Waals surface area contributed by atoms with Crippen LogP contribution in [0.15, 0.2) is 0 Å². The van der Waals surface area contributed by atoms with Crippen LogP contribution < -0.4 is 11.1 Å². The van der Waals surface area contributed by atoms with Crippen LogP contribution in [0.3, 0.4) is 0 Å². The van der Waals surface area contributed by atoms with Crippen LogP contribution in [0.5, 0.6) is 0 Å². The highest BCUT2D eigenvalue weighted by molar-refractivity contribution is 4.93. The minimum Gasteiger partial charge on any atom is -0.327 e. The van der Waals surface area contributed by atoms with E-state index in [0.29, 0.717) is 17.4 Å². The molecule has 0 bridgehead atoms. The Morgan fingerprint density at radius 3 is 2.62 bits per heavy atom. The Kier molecular flexibility index (Phi) is 5.26. The molecule has 0 saturated heterocycles. The maximum atomic E-state index is 6.17. The first kappa shape index (κ1) is 14.0. The lowest BCUT2D eigenvalue weighted by Crippen LogP contribution is -2.49. The van der Waals surface area contributed by atoms with Crippen LogP contribution in [-0.4, -0.2) is 19.1 Å². The van der Waals surface area contributed by atoms with E-state index in [-0.39, 0.29) is 0 Å². The summed E-state index contributed by atoms with van der Waals surface area (Å²) in [5.41, 5.74) is 6.56. The molecule has 0 radical (unpaired) electrons. The van der Waals surface area contributed by atoms with Crippen molar-refractivity contribution in [3.8, 4) is 0 Å². The Labute approximate surface area is 101 Å². The maximum Gasteiger partial charge on any atom is 0.00698 e. The second kappa shape index (κ2) is 6.02. The maximum absolute atomic E-state index is 6.17. The molecule has 96 valence electrons. The van der Waals surface area contributed by atoms with Gasteiger partial charge >= 0.3 is 0 Å². The van der Waals surface area contributed by atoms with E-state index in [1.54, 1.807) is 0 Å². The third kappa shape index (κ3) is 3.21. The van der Waals surface area contributed by atoms with Gasteiger partial charge in [0.15, 0.2) is 0 Å².